The molecule has 0 saturated carbocycles. The third-order valence-electron chi connectivity index (χ3n) is 3.99. The minimum absolute atomic E-state index is 0.0663. The number of anilines is 1. The van der Waals surface area contributed by atoms with Crippen molar-refractivity contribution in [2.24, 2.45) is 0 Å². The molecular formula is C16H20N4OS. The predicted molar refractivity (Wildman–Crippen MR) is 87.9 cm³/mol. The van der Waals surface area contributed by atoms with Gasteiger partial charge in [-0.1, -0.05) is 6.07 Å². The van der Waals surface area contributed by atoms with Gasteiger partial charge in [0.1, 0.15) is 5.82 Å². The molecule has 116 valence electrons. The van der Waals surface area contributed by atoms with Crippen LogP contribution in [0.1, 0.15) is 35.9 Å². The molecule has 22 heavy (non-hydrogen) atoms. The summed E-state index contributed by atoms with van der Waals surface area (Å²) in [5, 5.41) is 5.06. The first-order valence-corrected chi connectivity index (χ1v) is 8.47. The predicted octanol–water partition coefficient (Wildman–Crippen LogP) is 2.88. The first kappa shape index (κ1) is 15.0. The lowest BCUT2D eigenvalue weighted by Gasteiger charge is -2.24. The molecule has 0 spiro atoms. The van der Waals surface area contributed by atoms with E-state index in [9.17, 15) is 4.79 Å². The van der Waals surface area contributed by atoms with Crippen molar-refractivity contribution in [1.29, 1.82) is 0 Å². The Morgan fingerprint density at radius 2 is 2.41 bits per heavy atom. The fourth-order valence-electron chi connectivity index (χ4n) is 2.86. The maximum Gasteiger partial charge on any atom is 0.223 e. The maximum absolute atomic E-state index is 12.5. The number of thiophene rings is 1. The molecule has 6 heteroatoms. The van der Waals surface area contributed by atoms with Gasteiger partial charge in [-0.25, -0.2) is 4.98 Å². The third-order valence-corrected chi connectivity index (χ3v) is 4.93. The van der Waals surface area contributed by atoms with E-state index in [1.807, 2.05) is 18.0 Å². The van der Waals surface area contributed by atoms with Gasteiger partial charge in [0.25, 0.3) is 0 Å². The molecule has 0 unspecified atom stereocenters. The number of amides is 1. The highest BCUT2D eigenvalue weighted by atomic mass is 32.1. The number of rotatable bonds is 5. The number of carbonyl (C=O) groups is 1. The van der Waals surface area contributed by atoms with Crippen LogP contribution in [0.5, 0.6) is 0 Å². The molecule has 0 bridgehead atoms. The van der Waals surface area contributed by atoms with E-state index in [-0.39, 0.29) is 11.9 Å². The second-order valence-electron chi connectivity index (χ2n) is 5.40. The molecule has 1 fully saturated rings. The number of aryl methyl sites for hydroxylation is 1. The molecule has 1 amide bonds. The van der Waals surface area contributed by atoms with E-state index in [0.717, 1.165) is 37.3 Å². The van der Waals surface area contributed by atoms with Crippen LogP contribution < -0.4 is 5.32 Å². The lowest BCUT2D eigenvalue weighted by Crippen LogP contribution is -2.31. The normalized spacial score (nSPS) is 17.7. The summed E-state index contributed by atoms with van der Waals surface area (Å²) >= 11 is 1.71. The molecule has 1 saturated heterocycles. The van der Waals surface area contributed by atoms with E-state index in [1.54, 1.807) is 23.7 Å². The molecule has 2 aromatic heterocycles. The Hall–Kier alpha value is -1.95. The largest absolute Gasteiger partial charge is 0.372 e. The van der Waals surface area contributed by atoms with E-state index in [2.05, 4.69) is 26.7 Å². The summed E-state index contributed by atoms with van der Waals surface area (Å²) in [6, 6.07) is 4.18. The molecule has 2 aromatic rings. The summed E-state index contributed by atoms with van der Waals surface area (Å²) < 4.78 is 0. The molecule has 3 heterocycles. The Labute approximate surface area is 134 Å². The summed E-state index contributed by atoms with van der Waals surface area (Å²) in [6.07, 6.45) is 6.85. The van der Waals surface area contributed by atoms with E-state index in [4.69, 9.17) is 0 Å². The van der Waals surface area contributed by atoms with Crippen LogP contribution >= 0.6 is 11.3 Å². The number of likely N-dealkylation sites (tertiary alicyclic amines) is 1. The molecular weight excluding hydrogens is 296 g/mol. The van der Waals surface area contributed by atoms with Gasteiger partial charge in [0.2, 0.25) is 5.91 Å². The fourth-order valence-corrected chi connectivity index (χ4v) is 3.57. The third kappa shape index (κ3) is 3.27. The van der Waals surface area contributed by atoms with Crippen LogP contribution in [-0.2, 0) is 11.2 Å². The molecule has 1 atom stereocenters. The molecule has 3 rings (SSSR count). The van der Waals surface area contributed by atoms with Gasteiger partial charge in [-0.05, 0) is 30.7 Å². The minimum Gasteiger partial charge on any atom is -0.372 e. The van der Waals surface area contributed by atoms with Crippen molar-refractivity contribution in [2.75, 3.05) is 18.9 Å². The number of nitrogens with zero attached hydrogens (tertiary/aromatic N) is 3. The van der Waals surface area contributed by atoms with Gasteiger partial charge in [-0.15, -0.1) is 11.3 Å². The second kappa shape index (κ2) is 6.87. The van der Waals surface area contributed by atoms with Crippen molar-refractivity contribution >= 4 is 23.1 Å². The molecule has 0 aromatic carbocycles. The quantitative estimate of drug-likeness (QED) is 0.921. The molecule has 5 nitrogen and oxygen atoms in total. The Morgan fingerprint density at radius 1 is 1.50 bits per heavy atom. The summed E-state index contributed by atoms with van der Waals surface area (Å²) in [5.74, 6) is 0.961. The topological polar surface area (TPSA) is 58.1 Å². The summed E-state index contributed by atoms with van der Waals surface area (Å²) in [7, 11) is 1.83. The van der Waals surface area contributed by atoms with Gasteiger partial charge in [-0.3, -0.25) is 9.78 Å². The van der Waals surface area contributed by atoms with E-state index >= 15 is 0 Å². The number of aromatic nitrogens is 2. The Morgan fingerprint density at radius 3 is 3.18 bits per heavy atom. The number of carbonyl (C=O) groups excluding carboxylic acids is 1. The summed E-state index contributed by atoms with van der Waals surface area (Å²) in [4.78, 5) is 24.5. The fraction of sp³-hybridized carbons (Fsp3) is 0.438. The molecule has 0 radical (unpaired) electrons. The highest BCUT2D eigenvalue weighted by molar-refractivity contribution is 7.09. The van der Waals surface area contributed by atoms with E-state index in [0.29, 0.717) is 6.42 Å². The average molecular weight is 316 g/mol. The molecule has 1 aliphatic rings. The van der Waals surface area contributed by atoms with E-state index in [1.165, 1.54) is 4.88 Å². The van der Waals surface area contributed by atoms with Crippen molar-refractivity contribution in [1.82, 2.24) is 14.9 Å². The highest BCUT2D eigenvalue weighted by Gasteiger charge is 2.30. The zero-order valence-electron chi connectivity index (χ0n) is 12.7. The minimum atomic E-state index is 0.0663. The van der Waals surface area contributed by atoms with Gasteiger partial charge >= 0.3 is 0 Å². The average Bonchev–Trinajstić information content (AvgIpc) is 3.24. The Kier molecular flexibility index (Phi) is 4.68. The van der Waals surface area contributed by atoms with Gasteiger partial charge in [0.15, 0.2) is 0 Å². The summed E-state index contributed by atoms with van der Waals surface area (Å²) in [6.45, 7) is 0.819. The first-order valence-electron chi connectivity index (χ1n) is 7.59. The molecule has 1 N–H and O–H groups in total. The zero-order valence-corrected chi connectivity index (χ0v) is 13.5. The number of hydrogen-bond donors (Lipinski definition) is 1. The van der Waals surface area contributed by atoms with Crippen LogP contribution in [0.4, 0.5) is 5.82 Å². The highest BCUT2D eigenvalue weighted by Crippen LogP contribution is 2.31. The second-order valence-corrected chi connectivity index (χ2v) is 6.44. The lowest BCUT2D eigenvalue weighted by molar-refractivity contribution is -0.132. The maximum atomic E-state index is 12.5. The van der Waals surface area contributed by atoms with Crippen LogP contribution in [0.3, 0.4) is 0 Å². The van der Waals surface area contributed by atoms with Crippen molar-refractivity contribution < 1.29 is 4.79 Å². The van der Waals surface area contributed by atoms with Crippen LogP contribution in [-0.4, -0.2) is 34.4 Å². The van der Waals surface area contributed by atoms with Crippen molar-refractivity contribution in [3.05, 3.63) is 40.5 Å². The zero-order chi connectivity index (χ0) is 15.4. The van der Waals surface area contributed by atoms with Crippen LogP contribution in [0.25, 0.3) is 0 Å². The monoisotopic (exact) mass is 316 g/mol. The van der Waals surface area contributed by atoms with Crippen molar-refractivity contribution in [2.45, 2.75) is 31.7 Å². The van der Waals surface area contributed by atoms with Crippen LogP contribution in [0.15, 0.2) is 29.9 Å². The lowest BCUT2D eigenvalue weighted by atomic mass is 10.1. The Balaban J connectivity index is 1.68. The van der Waals surface area contributed by atoms with E-state index < -0.39 is 0 Å². The van der Waals surface area contributed by atoms with Gasteiger partial charge in [0, 0.05) is 24.9 Å². The SMILES string of the molecule is CNc1cncc([C@H]2CCCN2C(=O)CCc2cccs2)n1. The number of nitrogens with one attached hydrogen (secondary N) is 1. The van der Waals surface area contributed by atoms with Gasteiger partial charge in [0.05, 0.1) is 24.1 Å². The smallest absolute Gasteiger partial charge is 0.223 e. The Bertz CT molecular complexity index is 629. The standard InChI is InChI=1S/C16H20N4OS/c1-17-15-11-18-10-13(19-15)14-5-2-8-20(14)16(21)7-6-12-4-3-9-22-12/h3-4,9-11,14H,2,5-8H2,1H3,(H,17,19)/t14-/m1/s1. The van der Waals surface area contributed by atoms with Crippen LogP contribution in [0, 0.1) is 0 Å². The number of hydrogen-bond acceptors (Lipinski definition) is 5. The molecule has 0 aliphatic carbocycles. The van der Waals surface area contributed by atoms with Crippen molar-refractivity contribution in [3.8, 4) is 0 Å². The summed E-state index contributed by atoms with van der Waals surface area (Å²) in [5.41, 5.74) is 0.883. The van der Waals surface area contributed by atoms with Crippen LogP contribution in [0.2, 0.25) is 0 Å². The van der Waals surface area contributed by atoms with Crippen molar-refractivity contribution in [3.63, 3.8) is 0 Å². The first-order chi connectivity index (χ1) is 10.8. The van der Waals surface area contributed by atoms with Gasteiger partial charge < -0.3 is 10.2 Å². The molecule has 1 aliphatic heterocycles. The van der Waals surface area contributed by atoms with Gasteiger partial charge in [-0.2, -0.15) is 0 Å².